The zero-order chi connectivity index (χ0) is 10.6. The van der Waals surface area contributed by atoms with E-state index in [2.05, 4.69) is 16.3 Å². The molecule has 1 rings (SSSR count). The van der Waals surface area contributed by atoms with Crippen LogP contribution in [0.5, 0.6) is 0 Å². The minimum atomic E-state index is -3.48. The molecule has 0 amide bonds. The molecular formula is C8H9ClN2O2S. The molecule has 0 saturated carbocycles. The van der Waals surface area contributed by atoms with Crippen LogP contribution < -0.4 is 4.72 Å². The van der Waals surface area contributed by atoms with Crippen LogP contribution in [0, 0.1) is 0 Å². The van der Waals surface area contributed by atoms with Crippen molar-refractivity contribution >= 4 is 21.6 Å². The van der Waals surface area contributed by atoms with Gasteiger partial charge in [0.15, 0.2) is 0 Å². The first-order chi connectivity index (χ1) is 6.56. The van der Waals surface area contributed by atoms with Crippen LogP contribution in [0.4, 0.5) is 0 Å². The summed E-state index contributed by atoms with van der Waals surface area (Å²) in [4.78, 5) is 3.76. The predicted octanol–water partition coefficient (Wildman–Crippen LogP) is 1.20. The number of aromatic nitrogens is 1. The van der Waals surface area contributed by atoms with E-state index in [4.69, 9.17) is 11.6 Å². The average Bonchev–Trinajstić information content (AvgIpc) is 2.16. The van der Waals surface area contributed by atoms with E-state index >= 15 is 0 Å². The molecule has 0 saturated heterocycles. The van der Waals surface area contributed by atoms with E-state index in [0.717, 1.165) is 0 Å². The molecule has 0 aliphatic rings. The molecule has 1 N–H and O–H groups in total. The molecule has 0 bridgehead atoms. The van der Waals surface area contributed by atoms with E-state index in [9.17, 15) is 8.42 Å². The predicted molar refractivity (Wildman–Crippen MR) is 54.6 cm³/mol. The maximum absolute atomic E-state index is 11.5. The summed E-state index contributed by atoms with van der Waals surface area (Å²) in [7, 11) is -3.48. The van der Waals surface area contributed by atoms with Crippen molar-refractivity contribution < 1.29 is 8.42 Å². The number of hydrogen-bond donors (Lipinski definition) is 1. The van der Waals surface area contributed by atoms with Gasteiger partial charge in [-0.25, -0.2) is 18.1 Å². The molecule has 1 heterocycles. The maximum Gasteiger partial charge on any atom is 0.242 e. The molecule has 1 aromatic heterocycles. The third-order valence-electron chi connectivity index (χ3n) is 1.43. The summed E-state index contributed by atoms with van der Waals surface area (Å²) in [6.45, 7) is 3.59. The van der Waals surface area contributed by atoms with Crippen LogP contribution in [0.25, 0.3) is 0 Å². The molecule has 6 heteroatoms. The van der Waals surface area contributed by atoms with Gasteiger partial charge in [0.25, 0.3) is 0 Å². The summed E-state index contributed by atoms with van der Waals surface area (Å²) < 4.78 is 25.2. The normalized spacial score (nSPS) is 11.2. The van der Waals surface area contributed by atoms with E-state index in [1.807, 2.05) is 0 Å². The molecule has 0 fully saturated rings. The summed E-state index contributed by atoms with van der Waals surface area (Å²) in [5, 5.41) is 0.257. The van der Waals surface area contributed by atoms with Crippen LogP contribution in [0.1, 0.15) is 0 Å². The molecule has 0 aromatic carbocycles. The molecule has 14 heavy (non-hydrogen) atoms. The molecule has 76 valence electrons. The number of halogens is 1. The maximum atomic E-state index is 11.5. The monoisotopic (exact) mass is 232 g/mol. The Balaban J connectivity index is 2.93. The fraction of sp³-hybridized carbons (Fsp3) is 0.125. The van der Waals surface area contributed by atoms with Gasteiger partial charge in [-0.1, -0.05) is 17.7 Å². The third kappa shape index (κ3) is 2.80. The summed E-state index contributed by atoms with van der Waals surface area (Å²) in [6, 6.07) is 2.81. The molecule has 0 aliphatic carbocycles. The number of pyridine rings is 1. The molecule has 4 nitrogen and oxygen atoms in total. The highest BCUT2D eigenvalue weighted by atomic mass is 35.5. The van der Waals surface area contributed by atoms with Gasteiger partial charge in [-0.15, -0.1) is 6.58 Å². The minimum absolute atomic E-state index is 0.0868. The van der Waals surface area contributed by atoms with Gasteiger partial charge in [0.2, 0.25) is 10.0 Å². The van der Waals surface area contributed by atoms with Crippen molar-refractivity contribution in [1.29, 1.82) is 0 Å². The van der Waals surface area contributed by atoms with Crippen LogP contribution in [-0.4, -0.2) is 19.9 Å². The van der Waals surface area contributed by atoms with Crippen LogP contribution in [0.2, 0.25) is 5.15 Å². The second kappa shape index (κ2) is 4.54. The summed E-state index contributed by atoms with van der Waals surface area (Å²) in [5.41, 5.74) is 0. The first-order valence-electron chi connectivity index (χ1n) is 3.78. The molecule has 0 radical (unpaired) electrons. The second-order valence-electron chi connectivity index (χ2n) is 2.46. The lowest BCUT2D eigenvalue weighted by Crippen LogP contribution is -2.23. The first kappa shape index (κ1) is 11.2. The van der Waals surface area contributed by atoms with Crippen LogP contribution in [0.15, 0.2) is 35.9 Å². The smallest absolute Gasteiger partial charge is 0.242 e. The Kier molecular flexibility index (Phi) is 3.62. The van der Waals surface area contributed by atoms with Crippen LogP contribution in [-0.2, 0) is 10.0 Å². The van der Waals surface area contributed by atoms with Crippen LogP contribution in [0.3, 0.4) is 0 Å². The van der Waals surface area contributed by atoms with Crippen LogP contribution >= 0.6 is 11.6 Å². The van der Waals surface area contributed by atoms with Gasteiger partial charge < -0.3 is 0 Å². The highest BCUT2D eigenvalue weighted by Gasteiger charge is 2.12. The van der Waals surface area contributed by atoms with Gasteiger partial charge in [-0.3, -0.25) is 0 Å². The molecule has 0 aliphatic heterocycles. The van der Waals surface area contributed by atoms with Crippen molar-refractivity contribution in [1.82, 2.24) is 9.71 Å². The van der Waals surface area contributed by atoms with Crippen molar-refractivity contribution in [3.8, 4) is 0 Å². The topological polar surface area (TPSA) is 59.1 Å². The standard InChI is InChI=1S/C8H9ClN2O2S/c1-2-5-11-14(12,13)7-3-4-8(9)10-6-7/h2-4,6,11H,1,5H2. The fourth-order valence-electron chi connectivity index (χ4n) is 0.773. The van der Waals surface area contributed by atoms with Crippen molar-refractivity contribution in [3.63, 3.8) is 0 Å². The van der Waals surface area contributed by atoms with Gasteiger partial charge in [0, 0.05) is 12.7 Å². The van der Waals surface area contributed by atoms with E-state index in [-0.39, 0.29) is 16.6 Å². The molecule has 0 unspecified atom stereocenters. The Morgan fingerprint density at radius 2 is 2.29 bits per heavy atom. The van der Waals surface area contributed by atoms with Crippen molar-refractivity contribution in [3.05, 3.63) is 36.1 Å². The van der Waals surface area contributed by atoms with Gasteiger partial charge in [-0.05, 0) is 12.1 Å². The summed E-state index contributed by atoms with van der Waals surface area (Å²) in [5.74, 6) is 0. The largest absolute Gasteiger partial charge is 0.243 e. The lowest BCUT2D eigenvalue weighted by atomic mass is 10.5. The molecule has 0 spiro atoms. The zero-order valence-electron chi connectivity index (χ0n) is 7.27. The number of hydrogen-bond acceptors (Lipinski definition) is 3. The number of rotatable bonds is 4. The van der Waals surface area contributed by atoms with E-state index < -0.39 is 10.0 Å². The quantitative estimate of drug-likeness (QED) is 0.627. The molecular weight excluding hydrogens is 224 g/mol. The number of nitrogens with one attached hydrogen (secondary N) is 1. The Bertz CT molecular complexity index is 413. The average molecular weight is 233 g/mol. The lowest BCUT2D eigenvalue weighted by molar-refractivity contribution is 0.585. The second-order valence-corrected chi connectivity index (χ2v) is 4.61. The molecule has 1 aromatic rings. The fourth-order valence-corrected chi connectivity index (χ4v) is 1.83. The van der Waals surface area contributed by atoms with Gasteiger partial charge in [-0.2, -0.15) is 0 Å². The zero-order valence-corrected chi connectivity index (χ0v) is 8.85. The van der Waals surface area contributed by atoms with E-state index in [0.29, 0.717) is 0 Å². The van der Waals surface area contributed by atoms with E-state index in [1.54, 1.807) is 0 Å². The van der Waals surface area contributed by atoms with Crippen molar-refractivity contribution in [2.75, 3.05) is 6.54 Å². The Morgan fingerprint density at radius 1 is 1.57 bits per heavy atom. The number of sulfonamides is 1. The minimum Gasteiger partial charge on any atom is -0.243 e. The van der Waals surface area contributed by atoms with Gasteiger partial charge in [0.1, 0.15) is 10.0 Å². The Labute approximate surface area is 87.7 Å². The Hall–Kier alpha value is -0.910. The van der Waals surface area contributed by atoms with Crippen molar-refractivity contribution in [2.24, 2.45) is 0 Å². The highest BCUT2D eigenvalue weighted by Crippen LogP contribution is 2.10. The first-order valence-corrected chi connectivity index (χ1v) is 5.64. The van der Waals surface area contributed by atoms with Gasteiger partial charge in [0.05, 0.1) is 0 Å². The third-order valence-corrected chi connectivity index (χ3v) is 3.06. The molecule has 0 atom stereocenters. The summed E-state index contributed by atoms with van der Waals surface area (Å²) >= 11 is 5.52. The van der Waals surface area contributed by atoms with E-state index in [1.165, 1.54) is 24.4 Å². The SMILES string of the molecule is C=CCNS(=O)(=O)c1ccc(Cl)nc1. The highest BCUT2D eigenvalue weighted by molar-refractivity contribution is 7.89. The number of nitrogens with zero attached hydrogens (tertiary/aromatic N) is 1. The lowest BCUT2D eigenvalue weighted by Gasteiger charge is -2.03. The Morgan fingerprint density at radius 3 is 2.79 bits per heavy atom. The van der Waals surface area contributed by atoms with Crippen molar-refractivity contribution in [2.45, 2.75) is 4.90 Å². The van der Waals surface area contributed by atoms with Gasteiger partial charge >= 0.3 is 0 Å². The summed E-state index contributed by atoms with van der Waals surface area (Å²) in [6.07, 6.45) is 2.66.